The highest BCUT2D eigenvalue weighted by Crippen LogP contribution is 2.21. The summed E-state index contributed by atoms with van der Waals surface area (Å²) in [4.78, 5) is 0. The van der Waals surface area contributed by atoms with Gasteiger partial charge in [0, 0.05) is 31.4 Å². The van der Waals surface area contributed by atoms with Gasteiger partial charge in [-0.1, -0.05) is 13.8 Å². The molecule has 1 aromatic rings. The molecular formula is C9H17N3. The van der Waals surface area contributed by atoms with Gasteiger partial charge in [-0.15, -0.1) is 0 Å². The summed E-state index contributed by atoms with van der Waals surface area (Å²) in [5, 5.41) is 4.13. The zero-order valence-electron chi connectivity index (χ0n) is 7.99. The lowest BCUT2D eigenvalue weighted by atomic mass is 9.93. The topological polar surface area (TPSA) is 43.8 Å². The zero-order valence-corrected chi connectivity index (χ0v) is 7.99. The standard InChI is InChI=1S/C9H17N3/c1-7(2)8(6-10)9-4-5-11-12(9)3/h4-5,7-8H,6,10H2,1-3H3. The third kappa shape index (κ3) is 1.67. The number of hydrogen-bond donors (Lipinski definition) is 1. The molecule has 0 fully saturated rings. The number of aryl methyl sites for hydroxylation is 1. The number of rotatable bonds is 3. The third-order valence-corrected chi connectivity index (χ3v) is 2.30. The van der Waals surface area contributed by atoms with Crippen molar-refractivity contribution in [2.45, 2.75) is 19.8 Å². The first-order valence-electron chi connectivity index (χ1n) is 4.34. The summed E-state index contributed by atoms with van der Waals surface area (Å²) in [7, 11) is 1.96. The Morgan fingerprint density at radius 1 is 1.58 bits per heavy atom. The molecule has 0 amide bonds. The monoisotopic (exact) mass is 167 g/mol. The Morgan fingerprint density at radius 2 is 2.25 bits per heavy atom. The predicted octanol–water partition coefficient (Wildman–Crippen LogP) is 1.12. The second kappa shape index (κ2) is 3.72. The first-order chi connectivity index (χ1) is 5.66. The smallest absolute Gasteiger partial charge is 0.0492 e. The predicted molar refractivity (Wildman–Crippen MR) is 49.8 cm³/mol. The van der Waals surface area contributed by atoms with Crippen molar-refractivity contribution in [1.82, 2.24) is 9.78 Å². The molecule has 1 atom stereocenters. The fourth-order valence-electron chi connectivity index (χ4n) is 1.48. The molecule has 2 N–H and O–H groups in total. The van der Waals surface area contributed by atoms with E-state index in [1.807, 2.05) is 24.0 Å². The van der Waals surface area contributed by atoms with Crippen LogP contribution in [0.3, 0.4) is 0 Å². The third-order valence-electron chi connectivity index (χ3n) is 2.30. The van der Waals surface area contributed by atoms with Crippen molar-refractivity contribution in [3.8, 4) is 0 Å². The SMILES string of the molecule is CC(C)C(CN)c1ccnn1C. The molecule has 12 heavy (non-hydrogen) atoms. The van der Waals surface area contributed by atoms with Crippen LogP contribution in [0.15, 0.2) is 12.3 Å². The van der Waals surface area contributed by atoms with E-state index < -0.39 is 0 Å². The highest BCUT2D eigenvalue weighted by molar-refractivity contribution is 5.08. The average Bonchev–Trinajstić information content (AvgIpc) is 2.38. The molecule has 0 aromatic carbocycles. The Kier molecular flexibility index (Phi) is 2.87. The minimum atomic E-state index is 0.428. The van der Waals surface area contributed by atoms with Crippen LogP contribution in [0.5, 0.6) is 0 Å². The van der Waals surface area contributed by atoms with E-state index in [2.05, 4.69) is 18.9 Å². The Morgan fingerprint density at radius 3 is 2.58 bits per heavy atom. The van der Waals surface area contributed by atoms with Crippen molar-refractivity contribution in [2.75, 3.05) is 6.54 Å². The second-order valence-electron chi connectivity index (χ2n) is 3.47. The maximum Gasteiger partial charge on any atom is 0.0492 e. The summed E-state index contributed by atoms with van der Waals surface area (Å²) in [5.74, 6) is 1.00. The molecule has 0 aliphatic heterocycles. The lowest BCUT2D eigenvalue weighted by Gasteiger charge is -2.18. The summed E-state index contributed by atoms with van der Waals surface area (Å²) in [6, 6.07) is 2.04. The first kappa shape index (κ1) is 9.26. The second-order valence-corrected chi connectivity index (χ2v) is 3.47. The summed E-state index contributed by atoms with van der Waals surface area (Å²) < 4.78 is 1.90. The summed E-state index contributed by atoms with van der Waals surface area (Å²) in [6.07, 6.45) is 1.82. The quantitative estimate of drug-likeness (QED) is 0.733. The molecule has 0 aliphatic carbocycles. The Balaban J connectivity index is 2.87. The largest absolute Gasteiger partial charge is 0.330 e. The molecule has 0 saturated carbocycles. The van der Waals surface area contributed by atoms with Crippen LogP contribution in [0, 0.1) is 5.92 Å². The molecule has 68 valence electrons. The molecule has 3 heteroatoms. The van der Waals surface area contributed by atoms with Gasteiger partial charge in [-0.25, -0.2) is 0 Å². The minimum absolute atomic E-state index is 0.428. The van der Waals surface area contributed by atoms with Gasteiger partial charge >= 0.3 is 0 Å². The van der Waals surface area contributed by atoms with Crippen molar-refractivity contribution in [2.24, 2.45) is 18.7 Å². The van der Waals surface area contributed by atoms with Gasteiger partial charge in [0.05, 0.1) is 0 Å². The van der Waals surface area contributed by atoms with Gasteiger partial charge in [0.25, 0.3) is 0 Å². The molecule has 1 rings (SSSR count). The lowest BCUT2D eigenvalue weighted by molar-refractivity contribution is 0.474. The summed E-state index contributed by atoms with van der Waals surface area (Å²) in [6.45, 7) is 5.06. The number of hydrogen-bond acceptors (Lipinski definition) is 2. The van der Waals surface area contributed by atoms with Gasteiger partial charge < -0.3 is 5.73 Å². The lowest BCUT2D eigenvalue weighted by Crippen LogP contribution is -2.20. The van der Waals surface area contributed by atoms with E-state index in [1.54, 1.807) is 0 Å². The van der Waals surface area contributed by atoms with Crippen LogP contribution in [0.4, 0.5) is 0 Å². The normalized spacial score (nSPS) is 13.8. The van der Waals surface area contributed by atoms with Gasteiger partial charge in [0.2, 0.25) is 0 Å². The number of nitrogens with zero attached hydrogens (tertiary/aromatic N) is 2. The van der Waals surface area contributed by atoms with Crippen LogP contribution in [0.25, 0.3) is 0 Å². The highest BCUT2D eigenvalue weighted by Gasteiger charge is 2.16. The molecule has 1 heterocycles. The van der Waals surface area contributed by atoms with Crippen molar-refractivity contribution < 1.29 is 0 Å². The maximum atomic E-state index is 5.69. The van der Waals surface area contributed by atoms with Gasteiger partial charge in [-0.05, 0) is 12.0 Å². The maximum absolute atomic E-state index is 5.69. The van der Waals surface area contributed by atoms with Gasteiger partial charge in [0.1, 0.15) is 0 Å². The number of aromatic nitrogens is 2. The summed E-state index contributed by atoms with van der Waals surface area (Å²) in [5.41, 5.74) is 6.92. The Hall–Kier alpha value is -0.830. The Bertz CT molecular complexity index is 240. The molecule has 3 nitrogen and oxygen atoms in total. The van der Waals surface area contributed by atoms with Crippen molar-refractivity contribution in [3.05, 3.63) is 18.0 Å². The molecule has 0 radical (unpaired) electrons. The van der Waals surface area contributed by atoms with Crippen LogP contribution in [0.1, 0.15) is 25.5 Å². The minimum Gasteiger partial charge on any atom is -0.330 e. The van der Waals surface area contributed by atoms with Gasteiger partial charge in [-0.2, -0.15) is 5.10 Å². The van der Waals surface area contributed by atoms with Gasteiger partial charge in [-0.3, -0.25) is 4.68 Å². The molecule has 0 spiro atoms. The van der Waals surface area contributed by atoms with E-state index >= 15 is 0 Å². The van der Waals surface area contributed by atoms with Crippen LogP contribution >= 0.6 is 0 Å². The Labute approximate surface area is 73.6 Å². The molecular weight excluding hydrogens is 150 g/mol. The molecule has 0 saturated heterocycles. The van der Waals surface area contributed by atoms with Crippen LogP contribution < -0.4 is 5.73 Å². The molecule has 1 aromatic heterocycles. The van der Waals surface area contributed by atoms with E-state index in [-0.39, 0.29) is 0 Å². The van der Waals surface area contributed by atoms with E-state index in [9.17, 15) is 0 Å². The van der Waals surface area contributed by atoms with E-state index in [0.717, 1.165) is 0 Å². The molecule has 0 aliphatic rings. The van der Waals surface area contributed by atoms with E-state index in [1.165, 1.54) is 5.69 Å². The van der Waals surface area contributed by atoms with E-state index in [0.29, 0.717) is 18.4 Å². The van der Waals surface area contributed by atoms with Crippen LogP contribution in [-0.4, -0.2) is 16.3 Å². The highest BCUT2D eigenvalue weighted by atomic mass is 15.3. The fourth-order valence-corrected chi connectivity index (χ4v) is 1.48. The van der Waals surface area contributed by atoms with E-state index in [4.69, 9.17) is 5.73 Å². The van der Waals surface area contributed by atoms with Crippen molar-refractivity contribution >= 4 is 0 Å². The number of nitrogens with two attached hydrogens (primary N) is 1. The fraction of sp³-hybridized carbons (Fsp3) is 0.667. The summed E-state index contributed by atoms with van der Waals surface area (Å²) >= 11 is 0. The molecule has 0 bridgehead atoms. The average molecular weight is 167 g/mol. The zero-order chi connectivity index (χ0) is 9.14. The van der Waals surface area contributed by atoms with Gasteiger partial charge in [0.15, 0.2) is 0 Å². The van der Waals surface area contributed by atoms with Crippen molar-refractivity contribution in [3.63, 3.8) is 0 Å². The molecule has 1 unspecified atom stereocenters. The van der Waals surface area contributed by atoms with Crippen molar-refractivity contribution in [1.29, 1.82) is 0 Å². The van der Waals surface area contributed by atoms with Crippen LogP contribution in [-0.2, 0) is 7.05 Å². The first-order valence-corrected chi connectivity index (χ1v) is 4.34. The van der Waals surface area contributed by atoms with Crippen LogP contribution in [0.2, 0.25) is 0 Å².